The Balaban J connectivity index is 2.09. The fourth-order valence-corrected chi connectivity index (χ4v) is 3.08. The van der Waals surface area contributed by atoms with Crippen molar-refractivity contribution in [1.82, 2.24) is 14.5 Å². The monoisotopic (exact) mass is 420 g/mol. The van der Waals surface area contributed by atoms with Crippen LogP contribution in [0.4, 0.5) is 18.9 Å². The number of rotatable bonds is 6. The van der Waals surface area contributed by atoms with E-state index in [9.17, 15) is 22.8 Å². The van der Waals surface area contributed by atoms with Crippen molar-refractivity contribution in [2.24, 2.45) is 0 Å². The molecule has 1 N–H and O–H groups in total. The largest absolute Gasteiger partial charge is 0.474 e. The van der Waals surface area contributed by atoms with Gasteiger partial charge in [0.05, 0.1) is 17.9 Å². The highest BCUT2D eigenvalue weighted by Crippen LogP contribution is 2.35. The number of hydrogen-bond donors (Lipinski definition) is 1. The molecule has 3 aromatic rings. The Morgan fingerprint density at radius 2 is 1.93 bits per heavy atom. The summed E-state index contributed by atoms with van der Waals surface area (Å²) in [7, 11) is 0. The number of para-hydroxylation sites is 1. The lowest BCUT2D eigenvalue weighted by Gasteiger charge is -2.21. The van der Waals surface area contributed by atoms with Gasteiger partial charge in [-0.25, -0.2) is 9.97 Å². The molecule has 0 aliphatic rings. The first-order valence-corrected chi connectivity index (χ1v) is 9.25. The predicted molar refractivity (Wildman–Crippen MR) is 104 cm³/mol. The number of nitrogens with one attached hydrogen (secondary N) is 1. The smallest absolute Gasteiger partial charge is 0.418 e. The maximum absolute atomic E-state index is 13.3. The van der Waals surface area contributed by atoms with E-state index in [1.165, 1.54) is 18.3 Å². The first kappa shape index (κ1) is 21.3. The van der Waals surface area contributed by atoms with Crippen LogP contribution in [-0.2, 0) is 11.0 Å². The van der Waals surface area contributed by atoms with Crippen LogP contribution < -0.4 is 15.6 Å². The minimum absolute atomic E-state index is 0.126. The number of hydrogen-bond acceptors (Lipinski definition) is 5. The average Bonchev–Trinajstić information content (AvgIpc) is 2.71. The van der Waals surface area contributed by atoms with E-state index in [4.69, 9.17) is 4.74 Å². The Kier molecular flexibility index (Phi) is 6.04. The van der Waals surface area contributed by atoms with Crippen molar-refractivity contribution in [3.05, 3.63) is 58.5 Å². The number of anilines is 1. The average molecular weight is 420 g/mol. The summed E-state index contributed by atoms with van der Waals surface area (Å²) in [4.78, 5) is 34.2. The Morgan fingerprint density at radius 1 is 1.20 bits per heavy atom. The van der Waals surface area contributed by atoms with Crippen LogP contribution in [0.3, 0.4) is 0 Å². The number of benzene rings is 1. The molecule has 0 saturated heterocycles. The van der Waals surface area contributed by atoms with Gasteiger partial charge < -0.3 is 10.1 Å². The molecule has 7 nitrogen and oxygen atoms in total. The summed E-state index contributed by atoms with van der Waals surface area (Å²) in [5.41, 5.74) is -1.60. The lowest BCUT2D eigenvalue weighted by molar-refractivity contribution is -0.137. The number of alkyl halides is 3. The summed E-state index contributed by atoms with van der Waals surface area (Å²) >= 11 is 0. The zero-order valence-corrected chi connectivity index (χ0v) is 16.2. The molecule has 1 atom stereocenters. The van der Waals surface area contributed by atoms with Gasteiger partial charge in [0.25, 0.3) is 5.88 Å². The number of carbonyl (C=O) groups is 1. The summed E-state index contributed by atoms with van der Waals surface area (Å²) in [6, 6.07) is 6.73. The van der Waals surface area contributed by atoms with E-state index in [1.54, 1.807) is 26.0 Å². The number of fused-ring (bicyclic) bond motifs is 1. The molecular formula is C20H19F3N4O3. The predicted octanol–water partition coefficient (Wildman–Crippen LogP) is 3.80. The van der Waals surface area contributed by atoms with Gasteiger partial charge in [-0.15, -0.1) is 0 Å². The van der Waals surface area contributed by atoms with Crippen LogP contribution in [0.2, 0.25) is 0 Å². The minimum atomic E-state index is -4.64. The van der Waals surface area contributed by atoms with Crippen LogP contribution >= 0.6 is 0 Å². The summed E-state index contributed by atoms with van der Waals surface area (Å²) in [6.07, 6.45) is -3.08. The maximum Gasteiger partial charge on any atom is 0.418 e. The van der Waals surface area contributed by atoms with Gasteiger partial charge in [0.2, 0.25) is 5.91 Å². The lowest BCUT2D eigenvalue weighted by Crippen LogP contribution is -2.35. The van der Waals surface area contributed by atoms with Crippen molar-refractivity contribution in [3.8, 4) is 5.88 Å². The minimum Gasteiger partial charge on any atom is -0.474 e. The number of amides is 1. The SMILES string of the molecule is CCOc1nc2cccnc2n(C(CC)C(=O)Nc2ccccc2C(F)(F)F)c1=O. The second-order valence-electron chi connectivity index (χ2n) is 6.33. The molecule has 0 fully saturated rings. The van der Waals surface area contributed by atoms with Gasteiger partial charge in [0, 0.05) is 6.20 Å². The molecule has 30 heavy (non-hydrogen) atoms. The van der Waals surface area contributed by atoms with E-state index in [-0.39, 0.29) is 24.6 Å². The Labute approximate surface area is 169 Å². The van der Waals surface area contributed by atoms with Crippen LogP contribution in [0.5, 0.6) is 5.88 Å². The number of halogens is 3. The maximum atomic E-state index is 13.3. The molecule has 0 radical (unpaired) electrons. The number of pyridine rings is 1. The molecule has 1 unspecified atom stereocenters. The third kappa shape index (κ3) is 4.12. The molecule has 0 spiro atoms. The molecular weight excluding hydrogens is 401 g/mol. The Morgan fingerprint density at radius 3 is 2.60 bits per heavy atom. The molecule has 10 heteroatoms. The Hall–Kier alpha value is -3.43. The standard InChI is InChI=1S/C20H19F3N4O3/c1-3-15(17(28)25-13-9-6-5-8-12(13)20(21,22)23)27-16-14(10-7-11-24-16)26-18(19(27)29)30-4-2/h5-11,15H,3-4H2,1-2H3,(H,25,28). The molecule has 2 heterocycles. The molecule has 158 valence electrons. The number of nitrogens with zero attached hydrogens (tertiary/aromatic N) is 3. The van der Waals surface area contributed by atoms with Crippen LogP contribution in [0.25, 0.3) is 11.2 Å². The van der Waals surface area contributed by atoms with Crippen LogP contribution in [-0.4, -0.2) is 27.0 Å². The first-order chi connectivity index (χ1) is 14.3. The first-order valence-electron chi connectivity index (χ1n) is 9.25. The van der Waals surface area contributed by atoms with Crippen LogP contribution in [0.15, 0.2) is 47.4 Å². The number of ether oxygens (including phenoxy) is 1. The van der Waals surface area contributed by atoms with Gasteiger partial charge >= 0.3 is 11.7 Å². The highest BCUT2D eigenvalue weighted by atomic mass is 19.4. The van der Waals surface area contributed by atoms with E-state index in [1.807, 2.05) is 0 Å². The second kappa shape index (κ2) is 8.52. The summed E-state index contributed by atoms with van der Waals surface area (Å²) in [5.74, 6) is -0.989. The zero-order valence-electron chi connectivity index (χ0n) is 16.2. The molecule has 0 aliphatic carbocycles. The molecule has 1 aromatic carbocycles. The number of carbonyl (C=O) groups excluding carboxylic acids is 1. The van der Waals surface area contributed by atoms with Gasteiger partial charge in [-0.1, -0.05) is 19.1 Å². The second-order valence-corrected chi connectivity index (χ2v) is 6.33. The third-order valence-corrected chi connectivity index (χ3v) is 4.39. The topological polar surface area (TPSA) is 86.1 Å². The fraction of sp³-hybridized carbons (Fsp3) is 0.300. The molecule has 0 bridgehead atoms. The fourth-order valence-electron chi connectivity index (χ4n) is 3.08. The molecule has 0 saturated carbocycles. The number of aromatic nitrogens is 3. The lowest BCUT2D eigenvalue weighted by atomic mass is 10.1. The summed E-state index contributed by atoms with van der Waals surface area (Å²) < 4.78 is 46.2. The van der Waals surface area contributed by atoms with Crippen molar-refractivity contribution in [3.63, 3.8) is 0 Å². The van der Waals surface area contributed by atoms with Gasteiger partial charge in [0.1, 0.15) is 11.6 Å². The third-order valence-electron chi connectivity index (χ3n) is 4.39. The highest BCUT2D eigenvalue weighted by molar-refractivity contribution is 5.95. The quantitative estimate of drug-likeness (QED) is 0.656. The highest BCUT2D eigenvalue weighted by Gasteiger charge is 2.34. The van der Waals surface area contributed by atoms with Crippen molar-refractivity contribution in [1.29, 1.82) is 0 Å². The summed E-state index contributed by atoms with van der Waals surface area (Å²) in [5, 5.41) is 2.30. The molecule has 0 aliphatic heterocycles. The van der Waals surface area contributed by atoms with Crippen molar-refractivity contribution in [2.45, 2.75) is 32.5 Å². The molecule has 3 rings (SSSR count). The van der Waals surface area contributed by atoms with E-state index in [2.05, 4.69) is 15.3 Å². The van der Waals surface area contributed by atoms with Gasteiger partial charge in [-0.2, -0.15) is 13.2 Å². The van der Waals surface area contributed by atoms with Crippen LogP contribution in [0.1, 0.15) is 31.9 Å². The van der Waals surface area contributed by atoms with Crippen molar-refractivity contribution < 1.29 is 22.7 Å². The van der Waals surface area contributed by atoms with Gasteiger partial charge in [-0.05, 0) is 37.6 Å². The van der Waals surface area contributed by atoms with Crippen molar-refractivity contribution >= 4 is 22.8 Å². The van der Waals surface area contributed by atoms with Crippen LogP contribution in [0, 0.1) is 0 Å². The normalized spacial score (nSPS) is 12.6. The van der Waals surface area contributed by atoms with Gasteiger partial charge in [-0.3, -0.25) is 14.2 Å². The van der Waals surface area contributed by atoms with E-state index >= 15 is 0 Å². The molecule has 1 amide bonds. The van der Waals surface area contributed by atoms with E-state index in [0.717, 1.165) is 16.7 Å². The van der Waals surface area contributed by atoms with E-state index < -0.39 is 34.9 Å². The Bertz CT molecular complexity index is 1130. The van der Waals surface area contributed by atoms with Gasteiger partial charge in [0.15, 0.2) is 5.65 Å². The molecule has 2 aromatic heterocycles. The zero-order chi connectivity index (χ0) is 21.9. The summed E-state index contributed by atoms with van der Waals surface area (Å²) in [6.45, 7) is 3.49. The van der Waals surface area contributed by atoms with E-state index in [0.29, 0.717) is 5.52 Å². The van der Waals surface area contributed by atoms with Crippen molar-refractivity contribution in [2.75, 3.05) is 11.9 Å².